The van der Waals surface area contributed by atoms with Gasteiger partial charge in [0.15, 0.2) is 11.5 Å². The number of aromatic nitrogens is 5. The standard InChI is InChI=1S/C24H28FN7O3/c1-24(35-4)8-5-15(6-9-24)28-23-29-22(34-3)19-16(7-10-32(19)30-23)14-11-17(25)20-27-12-18(21(33)26-2)31(20)13-14/h7,10-13,15H,5-6,8-9H2,1-4H3,(H,26,33)(H,28,30). The average molecular weight is 482 g/mol. The molecular weight excluding hydrogens is 453 g/mol. The van der Waals surface area contributed by atoms with E-state index in [2.05, 4.69) is 32.6 Å². The third-order valence-electron chi connectivity index (χ3n) is 6.87. The maximum atomic E-state index is 14.9. The molecule has 1 fully saturated rings. The Morgan fingerprint density at radius 2 is 2.06 bits per heavy atom. The Bertz CT molecular complexity index is 1410. The molecule has 184 valence electrons. The number of methoxy groups -OCH3 is 2. The molecule has 1 amide bonds. The smallest absolute Gasteiger partial charge is 0.269 e. The van der Waals surface area contributed by atoms with Gasteiger partial charge in [-0.25, -0.2) is 13.9 Å². The van der Waals surface area contributed by atoms with Crippen molar-refractivity contribution >= 4 is 23.0 Å². The van der Waals surface area contributed by atoms with Gasteiger partial charge in [-0.1, -0.05) is 0 Å². The Kier molecular flexibility index (Phi) is 5.79. The fourth-order valence-corrected chi connectivity index (χ4v) is 4.68. The number of hydrogen-bond donors (Lipinski definition) is 2. The number of anilines is 1. The first-order chi connectivity index (χ1) is 16.9. The topological polar surface area (TPSA) is 107 Å². The van der Waals surface area contributed by atoms with E-state index in [9.17, 15) is 9.18 Å². The quantitative estimate of drug-likeness (QED) is 0.435. The maximum Gasteiger partial charge on any atom is 0.269 e. The second-order valence-corrected chi connectivity index (χ2v) is 9.03. The van der Waals surface area contributed by atoms with Gasteiger partial charge >= 0.3 is 0 Å². The van der Waals surface area contributed by atoms with Crippen molar-refractivity contribution in [3.63, 3.8) is 0 Å². The molecule has 4 aromatic heterocycles. The molecule has 2 N–H and O–H groups in total. The average Bonchev–Trinajstić information content (AvgIpc) is 3.49. The number of amides is 1. The fourth-order valence-electron chi connectivity index (χ4n) is 4.68. The van der Waals surface area contributed by atoms with Gasteiger partial charge in [-0.05, 0) is 44.7 Å². The van der Waals surface area contributed by atoms with Gasteiger partial charge in [-0.2, -0.15) is 4.98 Å². The molecule has 5 rings (SSSR count). The maximum absolute atomic E-state index is 14.9. The molecule has 0 radical (unpaired) electrons. The predicted octanol–water partition coefficient (Wildman–Crippen LogP) is 3.31. The number of fused-ring (bicyclic) bond motifs is 2. The highest BCUT2D eigenvalue weighted by molar-refractivity contribution is 5.93. The van der Waals surface area contributed by atoms with E-state index in [0.29, 0.717) is 28.5 Å². The number of halogens is 1. The van der Waals surface area contributed by atoms with Gasteiger partial charge in [0, 0.05) is 43.7 Å². The summed E-state index contributed by atoms with van der Waals surface area (Å²) in [5.74, 6) is -0.0881. The summed E-state index contributed by atoms with van der Waals surface area (Å²) in [5.41, 5.74) is 2.02. The third-order valence-corrected chi connectivity index (χ3v) is 6.87. The monoisotopic (exact) mass is 481 g/mol. The molecule has 0 aliphatic heterocycles. The number of ether oxygens (including phenoxy) is 2. The van der Waals surface area contributed by atoms with Crippen LogP contribution in [0.4, 0.5) is 10.3 Å². The third kappa shape index (κ3) is 4.05. The molecule has 4 heterocycles. The van der Waals surface area contributed by atoms with Crippen LogP contribution in [-0.4, -0.2) is 62.8 Å². The van der Waals surface area contributed by atoms with Crippen LogP contribution in [0.1, 0.15) is 43.1 Å². The van der Waals surface area contributed by atoms with Crippen molar-refractivity contribution in [2.45, 2.75) is 44.2 Å². The largest absolute Gasteiger partial charge is 0.479 e. The van der Waals surface area contributed by atoms with E-state index in [1.807, 2.05) is 6.07 Å². The van der Waals surface area contributed by atoms with Crippen LogP contribution < -0.4 is 15.4 Å². The molecule has 0 bridgehead atoms. The number of rotatable bonds is 6. The van der Waals surface area contributed by atoms with Gasteiger partial charge in [0.1, 0.15) is 11.2 Å². The van der Waals surface area contributed by atoms with Crippen LogP contribution in [0.25, 0.3) is 22.3 Å². The van der Waals surface area contributed by atoms with E-state index >= 15 is 0 Å². The Balaban J connectivity index is 1.51. The first kappa shape index (κ1) is 23.0. The van der Waals surface area contributed by atoms with Crippen molar-refractivity contribution in [3.8, 4) is 17.0 Å². The first-order valence-corrected chi connectivity index (χ1v) is 11.5. The second-order valence-electron chi connectivity index (χ2n) is 9.03. The summed E-state index contributed by atoms with van der Waals surface area (Å²) in [7, 11) is 4.81. The van der Waals surface area contributed by atoms with Gasteiger partial charge in [-0.15, -0.1) is 5.10 Å². The lowest BCUT2D eigenvalue weighted by Crippen LogP contribution is -2.37. The lowest BCUT2D eigenvalue weighted by molar-refractivity contribution is -0.0253. The zero-order valence-corrected chi connectivity index (χ0v) is 20.1. The fraction of sp³-hybridized carbons (Fsp3) is 0.417. The van der Waals surface area contributed by atoms with Crippen LogP contribution in [0.15, 0.2) is 30.7 Å². The predicted molar refractivity (Wildman–Crippen MR) is 128 cm³/mol. The van der Waals surface area contributed by atoms with Crippen LogP contribution in [0.3, 0.4) is 0 Å². The second kappa shape index (κ2) is 8.81. The van der Waals surface area contributed by atoms with Gasteiger partial charge in [-0.3, -0.25) is 9.20 Å². The molecule has 0 unspecified atom stereocenters. The van der Waals surface area contributed by atoms with Gasteiger partial charge < -0.3 is 20.1 Å². The van der Waals surface area contributed by atoms with Crippen molar-refractivity contribution in [2.75, 3.05) is 26.6 Å². The molecule has 1 saturated carbocycles. The van der Waals surface area contributed by atoms with E-state index in [1.54, 1.807) is 24.0 Å². The minimum absolute atomic E-state index is 0.0719. The minimum Gasteiger partial charge on any atom is -0.479 e. The number of hydrogen-bond acceptors (Lipinski definition) is 7. The summed E-state index contributed by atoms with van der Waals surface area (Å²) in [4.78, 5) is 20.8. The Morgan fingerprint density at radius 1 is 1.29 bits per heavy atom. The van der Waals surface area contributed by atoms with Crippen molar-refractivity contribution < 1.29 is 18.7 Å². The number of nitrogens with one attached hydrogen (secondary N) is 2. The molecule has 0 spiro atoms. The van der Waals surface area contributed by atoms with E-state index in [0.717, 1.165) is 25.7 Å². The minimum atomic E-state index is -0.546. The van der Waals surface area contributed by atoms with Crippen LogP contribution in [0.5, 0.6) is 5.88 Å². The normalized spacial score (nSPS) is 20.3. The number of carbonyl (C=O) groups is 1. The molecule has 1 aliphatic rings. The molecular formula is C24H28FN7O3. The van der Waals surface area contributed by atoms with Gasteiger partial charge in [0.05, 0.1) is 18.9 Å². The summed E-state index contributed by atoms with van der Waals surface area (Å²) in [5, 5.41) is 10.6. The highest BCUT2D eigenvalue weighted by Gasteiger charge is 2.31. The molecule has 0 aromatic carbocycles. The van der Waals surface area contributed by atoms with Crippen LogP contribution >= 0.6 is 0 Å². The summed E-state index contributed by atoms with van der Waals surface area (Å²) in [6.45, 7) is 2.14. The summed E-state index contributed by atoms with van der Waals surface area (Å²) >= 11 is 0. The zero-order chi connectivity index (χ0) is 24.7. The highest BCUT2D eigenvalue weighted by atomic mass is 19.1. The molecule has 0 saturated heterocycles. The Labute approximate surface area is 201 Å². The van der Waals surface area contributed by atoms with Crippen LogP contribution in [-0.2, 0) is 4.74 Å². The van der Waals surface area contributed by atoms with E-state index < -0.39 is 5.82 Å². The number of carbonyl (C=O) groups excluding carboxylic acids is 1. The summed E-state index contributed by atoms with van der Waals surface area (Å²) in [6, 6.07) is 3.43. The Morgan fingerprint density at radius 3 is 2.74 bits per heavy atom. The SMILES string of the molecule is CNC(=O)c1cnc2c(F)cc(-c3ccn4nc(NC5CCC(C)(OC)CC5)nc(OC)c34)cn12. The zero-order valence-electron chi connectivity index (χ0n) is 20.1. The Hall–Kier alpha value is -3.73. The summed E-state index contributed by atoms with van der Waals surface area (Å²) in [6.07, 6.45) is 8.60. The molecule has 35 heavy (non-hydrogen) atoms. The highest BCUT2D eigenvalue weighted by Crippen LogP contribution is 2.34. The molecule has 1 aliphatic carbocycles. The van der Waals surface area contributed by atoms with E-state index in [1.165, 1.54) is 30.8 Å². The lowest BCUT2D eigenvalue weighted by Gasteiger charge is -2.36. The number of nitrogens with zero attached hydrogens (tertiary/aromatic N) is 5. The van der Waals surface area contributed by atoms with Crippen LogP contribution in [0, 0.1) is 5.82 Å². The molecule has 0 atom stereocenters. The van der Waals surface area contributed by atoms with Crippen molar-refractivity contribution in [3.05, 3.63) is 42.2 Å². The van der Waals surface area contributed by atoms with Crippen molar-refractivity contribution in [1.29, 1.82) is 0 Å². The van der Waals surface area contributed by atoms with Gasteiger partial charge in [0.2, 0.25) is 11.8 Å². The first-order valence-electron chi connectivity index (χ1n) is 11.5. The molecule has 4 aromatic rings. The van der Waals surface area contributed by atoms with Crippen molar-refractivity contribution in [2.24, 2.45) is 0 Å². The van der Waals surface area contributed by atoms with Crippen molar-refractivity contribution in [1.82, 2.24) is 29.3 Å². The number of imidazole rings is 1. The molecule has 10 nitrogen and oxygen atoms in total. The van der Waals surface area contributed by atoms with Crippen LogP contribution in [0.2, 0.25) is 0 Å². The van der Waals surface area contributed by atoms with E-state index in [4.69, 9.17) is 9.47 Å². The lowest BCUT2D eigenvalue weighted by atomic mass is 9.83. The van der Waals surface area contributed by atoms with Gasteiger partial charge in [0.25, 0.3) is 5.91 Å². The van der Waals surface area contributed by atoms with E-state index in [-0.39, 0.29) is 28.9 Å². The number of pyridine rings is 1. The molecule has 11 heteroatoms. The summed E-state index contributed by atoms with van der Waals surface area (Å²) < 4.78 is 29.2.